The van der Waals surface area contributed by atoms with Crippen LogP contribution in [0.2, 0.25) is 0 Å². The number of aromatic nitrogens is 1. The Morgan fingerprint density at radius 1 is 0.946 bits per heavy atom. The van der Waals surface area contributed by atoms with Crippen LogP contribution in [0.3, 0.4) is 0 Å². The van der Waals surface area contributed by atoms with Crippen molar-refractivity contribution in [3.05, 3.63) is 108 Å². The van der Waals surface area contributed by atoms with Crippen molar-refractivity contribution in [1.82, 2.24) is 10.3 Å². The number of methoxy groups -OCH3 is 1. The maximum atomic E-state index is 12.8. The first kappa shape index (κ1) is 23.9. The van der Waals surface area contributed by atoms with Crippen molar-refractivity contribution in [2.24, 2.45) is 0 Å². The third-order valence-electron chi connectivity index (χ3n) is 6.21. The first-order chi connectivity index (χ1) is 18.1. The van der Waals surface area contributed by atoms with E-state index in [4.69, 9.17) is 9.15 Å². The molecule has 3 N–H and O–H groups in total. The second-order valence-corrected chi connectivity index (χ2v) is 8.66. The van der Waals surface area contributed by atoms with Gasteiger partial charge in [-0.15, -0.1) is 0 Å². The Morgan fingerprint density at radius 2 is 1.78 bits per heavy atom. The number of benzene rings is 3. The van der Waals surface area contributed by atoms with Crippen LogP contribution in [0.15, 0.2) is 95.6 Å². The van der Waals surface area contributed by atoms with E-state index in [2.05, 4.69) is 21.7 Å². The van der Waals surface area contributed by atoms with Crippen molar-refractivity contribution in [3.63, 3.8) is 0 Å². The highest BCUT2D eigenvalue weighted by molar-refractivity contribution is 6.02. The molecule has 5 rings (SSSR count). The van der Waals surface area contributed by atoms with Crippen molar-refractivity contribution >= 4 is 28.4 Å². The maximum absolute atomic E-state index is 12.8. The SMILES string of the molecule is COc1ccc(-c2[nH]c3ccccc3c2CCC(=O)NCc2cccc(NC(=O)c3ccco3)c2)cc1. The lowest BCUT2D eigenvalue weighted by Crippen LogP contribution is -2.23. The molecule has 0 aliphatic heterocycles. The van der Waals surface area contributed by atoms with Crippen LogP contribution in [0.25, 0.3) is 22.2 Å². The lowest BCUT2D eigenvalue weighted by atomic mass is 10.0. The highest BCUT2D eigenvalue weighted by Crippen LogP contribution is 2.32. The van der Waals surface area contributed by atoms with Crippen molar-refractivity contribution < 1.29 is 18.7 Å². The van der Waals surface area contributed by atoms with Crippen LogP contribution in [-0.4, -0.2) is 23.9 Å². The molecule has 0 atom stereocenters. The van der Waals surface area contributed by atoms with E-state index in [1.807, 2.05) is 60.7 Å². The first-order valence-electron chi connectivity index (χ1n) is 12.1. The summed E-state index contributed by atoms with van der Waals surface area (Å²) < 4.78 is 10.4. The molecule has 3 aromatic carbocycles. The summed E-state index contributed by atoms with van der Waals surface area (Å²) in [6, 6.07) is 26.7. The van der Waals surface area contributed by atoms with Crippen molar-refractivity contribution in [3.8, 4) is 17.0 Å². The Kier molecular flexibility index (Phi) is 7.03. The smallest absolute Gasteiger partial charge is 0.291 e. The number of carbonyl (C=O) groups is 2. The summed E-state index contributed by atoms with van der Waals surface area (Å²) in [5.74, 6) is 0.670. The molecular weight excluding hydrogens is 466 g/mol. The Balaban J connectivity index is 1.24. The van der Waals surface area contributed by atoms with Gasteiger partial charge >= 0.3 is 0 Å². The Labute approximate surface area is 214 Å². The number of furan rings is 1. The molecule has 0 aliphatic rings. The van der Waals surface area contributed by atoms with Crippen LogP contribution in [0, 0.1) is 0 Å². The number of para-hydroxylation sites is 1. The van der Waals surface area contributed by atoms with Gasteiger partial charge in [0, 0.05) is 35.2 Å². The largest absolute Gasteiger partial charge is 0.497 e. The number of aryl methyl sites for hydroxylation is 1. The van der Waals surface area contributed by atoms with Crippen molar-refractivity contribution in [2.45, 2.75) is 19.4 Å². The predicted molar refractivity (Wildman–Crippen MR) is 144 cm³/mol. The molecule has 186 valence electrons. The molecule has 37 heavy (non-hydrogen) atoms. The molecule has 2 heterocycles. The molecule has 2 aromatic heterocycles. The maximum Gasteiger partial charge on any atom is 0.291 e. The van der Waals surface area contributed by atoms with Crippen LogP contribution in [-0.2, 0) is 17.8 Å². The number of H-pyrrole nitrogens is 1. The quantitative estimate of drug-likeness (QED) is 0.237. The van der Waals surface area contributed by atoms with E-state index in [0.717, 1.165) is 39.0 Å². The first-order valence-corrected chi connectivity index (χ1v) is 12.1. The number of amides is 2. The number of hydrogen-bond acceptors (Lipinski definition) is 4. The number of nitrogens with one attached hydrogen (secondary N) is 3. The van der Waals surface area contributed by atoms with Gasteiger partial charge in [0.1, 0.15) is 5.75 Å². The summed E-state index contributed by atoms with van der Waals surface area (Å²) in [5.41, 5.74) is 5.72. The van der Waals surface area contributed by atoms with Crippen LogP contribution < -0.4 is 15.4 Å². The lowest BCUT2D eigenvalue weighted by Gasteiger charge is -2.09. The van der Waals surface area contributed by atoms with E-state index < -0.39 is 0 Å². The van der Waals surface area contributed by atoms with Gasteiger partial charge in [0.15, 0.2) is 5.76 Å². The molecule has 0 spiro atoms. The molecule has 0 radical (unpaired) electrons. The van der Waals surface area contributed by atoms with Gasteiger partial charge in [-0.25, -0.2) is 0 Å². The van der Waals surface area contributed by atoms with Gasteiger partial charge in [0.05, 0.1) is 13.4 Å². The van der Waals surface area contributed by atoms with Gasteiger partial charge in [0.25, 0.3) is 5.91 Å². The van der Waals surface area contributed by atoms with Crippen LogP contribution in [0.4, 0.5) is 5.69 Å². The summed E-state index contributed by atoms with van der Waals surface area (Å²) in [5, 5.41) is 6.91. The van der Waals surface area contributed by atoms with Gasteiger partial charge < -0.3 is 24.8 Å². The third-order valence-corrected chi connectivity index (χ3v) is 6.21. The molecule has 0 fully saturated rings. The molecule has 2 amide bonds. The number of fused-ring (bicyclic) bond motifs is 1. The van der Waals surface area contributed by atoms with E-state index in [0.29, 0.717) is 25.1 Å². The molecule has 0 unspecified atom stereocenters. The minimum atomic E-state index is -0.322. The lowest BCUT2D eigenvalue weighted by molar-refractivity contribution is -0.121. The predicted octanol–water partition coefficient (Wildman–Crippen LogP) is 5.94. The second-order valence-electron chi connectivity index (χ2n) is 8.66. The monoisotopic (exact) mass is 493 g/mol. The van der Waals surface area contributed by atoms with Gasteiger partial charge in [0.2, 0.25) is 5.91 Å². The van der Waals surface area contributed by atoms with Gasteiger partial charge in [-0.05, 0) is 77.7 Å². The van der Waals surface area contributed by atoms with Crippen molar-refractivity contribution in [2.75, 3.05) is 12.4 Å². The minimum absolute atomic E-state index is 0.0454. The molecule has 5 aromatic rings. The number of aromatic amines is 1. The summed E-state index contributed by atoms with van der Waals surface area (Å²) in [7, 11) is 1.65. The zero-order valence-corrected chi connectivity index (χ0v) is 20.4. The Hall–Kier alpha value is -4.78. The fraction of sp³-hybridized carbons (Fsp3) is 0.133. The molecule has 0 aliphatic carbocycles. The molecular formula is C30H27N3O4. The zero-order valence-electron chi connectivity index (χ0n) is 20.4. The van der Waals surface area contributed by atoms with Gasteiger partial charge in [-0.1, -0.05) is 30.3 Å². The average molecular weight is 494 g/mol. The van der Waals surface area contributed by atoms with Gasteiger partial charge in [-0.2, -0.15) is 0 Å². The van der Waals surface area contributed by atoms with E-state index in [-0.39, 0.29) is 17.6 Å². The number of hydrogen-bond donors (Lipinski definition) is 3. The summed E-state index contributed by atoms with van der Waals surface area (Å²) in [6.07, 6.45) is 2.40. The van der Waals surface area contributed by atoms with Crippen LogP contribution in [0.1, 0.15) is 28.1 Å². The topological polar surface area (TPSA) is 96.4 Å². The summed E-state index contributed by atoms with van der Waals surface area (Å²) in [4.78, 5) is 28.5. The Morgan fingerprint density at radius 3 is 2.57 bits per heavy atom. The van der Waals surface area contributed by atoms with Crippen molar-refractivity contribution in [1.29, 1.82) is 0 Å². The van der Waals surface area contributed by atoms with Gasteiger partial charge in [-0.3, -0.25) is 9.59 Å². The molecule has 0 saturated heterocycles. The van der Waals surface area contributed by atoms with E-state index in [1.165, 1.54) is 6.26 Å². The van der Waals surface area contributed by atoms with Crippen LogP contribution in [0.5, 0.6) is 5.75 Å². The standard InChI is InChI=1S/C30H27N3O4/c1-36-23-13-11-21(12-14-23)29-25(24-8-2-3-9-26(24)33-29)15-16-28(34)31-19-20-6-4-7-22(18-20)32-30(35)27-10-5-17-37-27/h2-14,17-18,33H,15-16,19H2,1H3,(H,31,34)(H,32,35). The third kappa shape index (κ3) is 5.56. The number of carbonyl (C=O) groups excluding carboxylic acids is 2. The molecule has 0 saturated carbocycles. The minimum Gasteiger partial charge on any atom is -0.497 e. The molecule has 0 bridgehead atoms. The van der Waals surface area contributed by atoms with E-state index in [1.54, 1.807) is 25.3 Å². The average Bonchev–Trinajstić information content (AvgIpc) is 3.60. The fourth-order valence-electron chi connectivity index (χ4n) is 4.35. The fourth-order valence-corrected chi connectivity index (χ4v) is 4.35. The highest BCUT2D eigenvalue weighted by atomic mass is 16.5. The zero-order chi connectivity index (χ0) is 25.6. The van der Waals surface area contributed by atoms with E-state index in [9.17, 15) is 9.59 Å². The number of ether oxygens (including phenoxy) is 1. The summed E-state index contributed by atoms with van der Waals surface area (Å²) >= 11 is 0. The normalized spacial score (nSPS) is 10.8. The van der Waals surface area contributed by atoms with Crippen LogP contribution >= 0.6 is 0 Å². The highest BCUT2D eigenvalue weighted by Gasteiger charge is 2.15. The van der Waals surface area contributed by atoms with E-state index >= 15 is 0 Å². The molecule has 7 heteroatoms. The number of anilines is 1. The summed E-state index contributed by atoms with van der Waals surface area (Å²) in [6.45, 7) is 0.364. The number of rotatable bonds is 9. The Bertz CT molecular complexity index is 1520. The second kappa shape index (κ2) is 10.9. The molecule has 7 nitrogen and oxygen atoms in total.